The van der Waals surface area contributed by atoms with Crippen molar-refractivity contribution in [2.24, 2.45) is 5.73 Å². The Balaban J connectivity index is 2.20. The highest BCUT2D eigenvalue weighted by molar-refractivity contribution is 7.19. The minimum atomic E-state index is -0.548. The zero-order valence-electron chi connectivity index (χ0n) is 10.5. The first-order valence-corrected chi connectivity index (χ1v) is 6.49. The number of carbonyl (C=O) groups excluding carboxylic acids is 1. The van der Waals surface area contributed by atoms with Crippen molar-refractivity contribution in [3.8, 4) is 5.75 Å². The number of nitrogens with one attached hydrogen (secondary N) is 1. The SMILES string of the molecule is COc1c(NCc2ccccc2)sc(C(N)=O)c1N. The predicted octanol–water partition coefficient (Wildman–Crippen LogP) is 2.05. The fourth-order valence-corrected chi connectivity index (χ4v) is 2.65. The molecule has 0 saturated carbocycles. The van der Waals surface area contributed by atoms with Gasteiger partial charge in [0, 0.05) is 6.54 Å². The molecule has 0 unspecified atom stereocenters. The molecule has 0 spiro atoms. The van der Waals surface area contributed by atoms with Gasteiger partial charge in [0.2, 0.25) is 0 Å². The van der Waals surface area contributed by atoms with Gasteiger partial charge in [-0.15, -0.1) is 11.3 Å². The number of hydrogen-bond acceptors (Lipinski definition) is 5. The molecule has 0 atom stereocenters. The van der Waals surface area contributed by atoms with Gasteiger partial charge < -0.3 is 21.5 Å². The van der Waals surface area contributed by atoms with E-state index in [0.29, 0.717) is 22.2 Å². The molecule has 5 N–H and O–H groups in total. The number of nitrogen functional groups attached to an aromatic ring is 1. The number of benzene rings is 1. The number of rotatable bonds is 5. The summed E-state index contributed by atoms with van der Waals surface area (Å²) in [6.45, 7) is 0.620. The van der Waals surface area contributed by atoms with Crippen LogP contribution in [0.25, 0.3) is 0 Å². The van der Waals surface area contributed by atoms with Gasteiger partial charge in [-0.1, -0.05) is 30.3 Å². The summed E-state index contributed by atoms with van der Waals surface area (Å²) in [6, 6.07) is 9.90. The Kier molecular flexibility index (Phi) is 3.91. The van der Waals surface area contributed by atoms with Gasteiger partial charge >= 0.3 is 0 Å². The van der Waals surface area contributed by atoms with Crippen LogP contribution in [0.1, 0.15) is 15.2 Å². The quantitative estimate of drug-likeness (QED) is 0.780. The maximum Gasteiger partial charge on any atom is 0.261 e. The molecule has 0 radical (unpaired) electrons. The summed E-state index contributed by atoms with van der Waals surface area (Å²) < 4.78 is 5.21. The lowest BCUT2D eigenvalue weighted by Gasteiger charge is -2.06. The Labute approximate surface area is 115 Å². The van der Waals surface area contributed by atoms with E-state index in [9.17, 15) is 4.79 Å². The molecule has 1 amide bonds. The van der Waals surface area contributed by atoms with Gasteiger partial charge in [-0.05, 0) is 5.56 Å². The molecule has 1 aromatic heterocycles. The Bertz CT molecular complexity index is 581. The van der Waals surface area contributed by atoms with Gasteiger partial charge in [-0.2, -0.15) is 0 Å². The van der Waals surface area contributed by atoms with Crippen LogP contribution in [0.3, 0.4) is 0 Å². The van der Waals surface area contributed by atoms with Crippen molar-refractivity contribution in [3.05, 3.63) is 40.8 Å². The first-order chi connectivity index (χ1) is 9.13. The first-order valence-electron chi connectivity index (χ1n) is 5.67. The largest absolute Gasteiger partial charge is 0.492 e. The highest BCUT2D eigenvalue weighted by Crippen LogP contribution is 2.42. The van der Waals surface area contributed by atoms with E-state index >= 15 is 0 Å². The second-order valence-electron chi connectivity index (χ2n) is 3.91. The molecule has 19 heavy (non-hydrogen) atoms. The summed E-state index contributed by atoms with van der Waals surface area (Å²) in [5.74, 6) is -0.0803. The van der Waals surface area contributed by atoms with Crippen LogP contribution in [0.4, 0.5) is 10.7 Å². The Hall–Kier alpha value is -2.21. The van der Waals surface area contributed by atoms with Crippen molar-refractivity contribution in [2.45, 2.75) is 6.54 Å². The molecule has 6 heteroatoms. The van der Waals surface area contributed by atoms with Gasteiger partial charge in [0.1, 0.15) is 15.6 Å². The van der Waals surface area contributed by atoms with Crippen LogP contribution in [0.15, 0.2) is 30.3 Å². The minimum Gasteiger partial charge on any atom is -0.492 e. The number of amides is 1. The number of primary amides is 1. The van der Waals surface area contributed by atoms with Gasteiger partial charge in [-0.25, -0.2) is 0 Å². The standard InChI is InChI=1S/C13H15N3O2S/c1-18-10-9(14)11(12(15)17)19-13(10)16-7-8-5-3-2-4-6-8/h2-6,16H,7,14H2,1H3,(H2,15,17). The smallest absolute Gasteiger partial charge is 0.261 e. The highest BCUT2D eigenvalue weighted by Gasteiger charge is 2.19. The molecule has 0 aliphatic rings. The zero-order valence-corrected chi connectivity index (χ0v) is 11.3. The fourth-order valence-electron chi connectivity index (χ4n) is 1.71. The third-order valence-corrected chi connectivity index (χ3v) is 3.78. The molecule has 1 aromatic carbocycles. The van der Waals surface area contributed by atoms with E-state index in [2.05, 4.69) is 5.32 Å². The van der Waals surface area contributed by atoms with E-state index in [0.717, 1.165) is 5.56 Å². The van der Waals surface area contributed by atoms with E-state index in [1.807, 2.05) is 30.3 Å². The molecule has 0 saturated heterocycles. The van der Waals surface area contributed by atoms with Gasteiger partial charge in [0.25, 0.3) is 5.91 Å². The van der Waals surface area contributed by atoms with Crippen LogP contribution in [-0.4, -0.2) is 13.0 Å². The van der Waals surface area contributed by atoms with E-state index in [1.54, 1.807) is 0 Å². The summed E-state index contributed by atoms with van der Waals surface area (Å²) in [5, 5.41) is 3.91. The van der Waals surface area contributed by atoms with Crippen molar-refractivity contribution in [1.82, 2.24) is 0 Å². The fraction of sp³-hybridized carbons (Fsp3) is 0.154. The number of anilines is 2. The van der Waals surface area contributed by atoms with E-state index in [4.69, 9.17) is 16.2 Å². The Morgan fingerprint density at radius 2 is 2.05 bits per heavy atom. The maximum atomic E-state index is 11.2. The van der Waals surface area contributed by atoms with Crippen LogP contribution in [0.5, 0.6) is 5.75 Å². The maximum absolute atomic E-state index is 11.2. The van der Waals surface area contributed by atoms with Crippen LogP contribution >= 0.6 is 11.3 Å². The molecule has 0 fully saturated rings. The topological polar surface area (TPSA) is 90.4 Å². The number of methoxy groups -OCH3 is 1. The number of carbonyl (C=O) groups is 1. The Morgan fingerprint density at radius 1 is 1.37 bits per heavy atom. The van der Waals surface area contributed by atoms with E-state index < -0.39 is 5.91 Å². The molecule has 0 aliphatic heterocycles. The summed E-state index contributed by atoms with van der Waals surface area (Å²) >= 11 is 1.20. The minimum absolute atomic E-state index is 0.288. The number of ether oxygens (including phenoxy) is 1. The third kappa shape index (κ3) is 2.79. The average Bonchev–Trinajstić information content (AvgIpc) is 2.74. The van der Waals surface area contributed by atoms with Crippen molar-refractivity contribution in [3.63, 3.8) is 0 Å². The summed E-state index contributed by atoms with van der Waals surface area (Å²) in [6.07, 6.45) is 0. The van der Waals surface area contributed by atoms with Gasteiger partial charge in [0.05, 0.1) is 7.11 Å². The van der Waals surface area contributed by atoms with Crippen LogP contribution in [-0.2, 0) is 6.54 Å². The average molecular weight is 277 g/mol. The molecule has 1 heterocycles. The summed E-state index contributed by atoms with van der Waals surface area (Å²) in [7, 11) is 1.51. The summed E-state index contributed by atoms with van der Waals surface area (Å²) in [4.78, 5) is 11.6. The van der Waals surface area contributed by atoms with Crippen molar-refractivity contribution in [2.75, 3.05) is 18.2 Å². The molecule has 0 aliphatic carbocycles. The molecule has 5 nitrogen and oxygen atoms in total. The number of nitrogens with two attached hydrogens (primary N) is 2. The van der Waals surface area contributed by atoms with Crippen molar-refractivity contribution >= 4 is 27.9 Å². The summed E-state index contributed by atoms with van der Waals surface area (Å²) in [5.41, 5.74) is 12.5. The van der Waals surface area contributed by atoms with E-state index in [-0.39, 0.29) is 5.69 Å². The predicted molar refractivity (Wildman–Crippen MR) is 77.6 cm³/mol. The number of hydrogen-bond donors (Lipinski definition) is 3. The lowest BCUT2D eigenvalue weighted by Crippen LogP contribution is -2.10. The van der Waals surface area contributed by atoms with Crippen LogP contribution < -0.4 is 21.5 Å². The first kappa shape index (κ1) is 13.2. The molecular weight excluding hydrogens is 262 g/mol. The normalized spacial score (nSPS) is 10.2. The lowest BCUT2D eigenvalue weighted by atomic mass is 10.2. The Morgan fingerprint density at radius 3 is 2.63 bits per heavy atom. The second kappa shape index (κ2) is 5.62. The molecule has 0 bridgehead atoms. The van der Waals surface area contributed by atoms with Gasteiger partial charge in [-0.3, -0.25) is 4.79 Å². The molecule has 100 valence electrons. The highest BCUT2D eigenvalue weighted by atomic mass is 32.1. The molecule has 2 aromatic rings. The van der Waals surface area contributed by atoms with Crippen LogP contribution in [0.2, 0.25) is 0 Å². The monoisotopic (exact) mass is 277 g/mol. The second-order valence-corrected chi connectivity index (χ2v) is 4.93. The van der Waals surface area contributed by atoms with Gasteiger partial charge in [0.15, 0.2) is 5.75 Å². The third-order valence-electron chi connectivity index (χ3n) is 2.62. The zero-order chi connectivity index (χ0) is 13.8. The van der Waals surface area contributed by atoms with Crippen LogP contribution in [0, 0.1) is 0 Å². The molecular formula is C13H15N3O2S. The van der Waals surface area contributed by atoms with Crippen molar-refractivity contribution < 1.29 is 9.53 Å². The van der Waals surface area contributed by atoms with E-state index in [1.165, 1.54) is 18.4 Å². The lowest BCUT2D eigenvalue weighted by molar-refractivity contribution is 0.100. The number of thiophene rings is 1. The van der Waals surface area contributed by atoms with Crippen molar-refractivity contribution in [1.29, 1.82) is 0 Å². The molecule has 2 rings (SSSR count).